The number of carboxylic acids is 1. The Kier molecular flexibility index (Phi) is 6.51. The molecule has 2 aliphatic rings. The highest BCUT2D eigenvalue weighted by Crippen LogP contribution is 2.39. The lowest BCUT2D eigenvalue weighted by Crippen LogP contribution is -2.45. The molecule has 32 heavy (non-hydrogen) atoms. The Morgan fingerprint density at radius 1 is 1.09 bits per heavy atom. The van der Waals surface area contributed by atoms with Gasteiger partial charge in [0.2, 0.25) is 10.0 Å². The number of aliphatic carboxylic acids is 1. The third-order valence-corrected chi connectivity index (χ3v) is 9.11. The maximum absolute atomic E-state index is 13.5. The average Bonchev–Trinajstić information content (AvgIpc) is 2.81. The Labute approximate surface area is 189 Å². The molecular weight excluding hydrogens is 426 g/mol. The van der Waals surface area contributed by atoms with E-state index in [0.717, 1.165) is 16.7 Å². The zero-order chi connectivity index (χ0) is 22.8. The van der Waals surface area contributed by atoms with E-state index in [-0.39, 0.29) is 12.6 Å². The Hall–Kier alpha value is -2.48. The fraction of sp³-hybridized carbons (Fsp3) is 0.400. The van der Waals surface area contributed by atoms with Crippen molar-refractivity contribution in [1.82, 2.24) is 4.31 Å². The first kappa shape index (κ1) is 22.7. The number of hydrogen-bond acceptors (Lipinski definition) is 4. The first-order valence-electron chi connectivity index (χ1n) is 11.0. The molecule has 0 radical (unpaired) electrons. The van der Waals surface area contributed by atoms with Crippen molar-refractivity contribution in [3.05, 3.63) is 83.9 Å². The van der Waals surface area contributed by atoms with E-state index in [4.69, 9.17) is 4.74 Å². The summed E-state index contributed by atoms with van der Waals surface area (Å²) in [5.41, 5.74) is 1.42. The summed E-state index contributed by atoms with van der Waals surface area (Å²) in [5.74, 6) is -0.843. The highest BCUT2D eigenvalue weighted by molar-refractivity contribution is 7.89. The summed E-state index contributed by atoms with van der Waals surface area (Å²) in [5, 5.41) is 9.32. The van der Waals surface area contributed by atoms with Crippen LogP contribution in [0.1, 0.15) is 47.6 Å². The molecule has 1 N–H and O–H groups in total. The van der Waals surface area contributed by atoms with Gasteiger partial charge in [0.05, 0.1) is 5.41 Å². The van der Waals surface area contributed by atoms with Crippen LogP contribution in [0.2, 0.25) is 0 Å². The van der Waals surface area contributed by atoms with Crippen LogP contribution in [0.15, 0.2) is 67.3 Å². The van der Waals surface area contributed by atoms with E-state index in [0.29, 0.717) is 38.9 Å². The van der Waals surface area contributed by atoms with Gasteiger partial charge in [0.15, 0.2) is 0 Å². The van der Waals surface area contributed by atoms with E-state index in [9.17, 15) is 18.3 Å². The van der Waals surface area contributed by atoms with E-state index in [1.165, 1.54) is 4.31 Å². The van der Waals surface area contributed by atoms with Gasteiger partial charge >= 0.3 is 5.97 Å². The molecule has 4 rings (SSSR count). The third kappa shape index (κ3) is 4.12. The molecule has 0 aliphatic carbocycles. The minimum Gasteiger partial charge on any atom is -0.481 e. The van der Waals surface area contributed by atoms with Crippen molar-refractivity contribution in [3.8, 4) is 0 Å². The summed E-state index contributed by atoms with van der Waals surface area (Å²) in [4.78, 5) is 12.1. The number of benzene rings is 2. The standard InChI is InChI=1S/C25H29NO5S/c1-2-22-12-13-23(20-6-4-3-5-7-20)32(29,30)26(22)18-19-8-10-21(11-9-19)25(24(27)28)14-16-31-17-15-25/h2-11,22-23H,1,12-18H2,(H,27,28)/t22-,23+/m0/s1. The van der Waals surface area contributed by atoms with E-state index in [1.54, 1.807) is 6.08 Å². The lowest BCUT2D eigenvalue weighted by Gasteiger charge is -2.38. The summed E-state index contributed by atoms with van der Waals surface area (Å²) in [6, 6.07) is 16.4. The van der Waals surface area contributed by atoms with Crippen molar-refractivity contribution >= 4 is 16.0 Å². The molecule has 0 aromatic heterocycles. The molecule has 2 saturated heterocycles. The Bertz CT molecular complexity index is 1060. The van der Waals surface area contributed by atoms with Crippen molar-refractivity contribution in [1.29, 1.82) is 0 Å². The third-order valence-electron chi connectivity index (χ3n) is 6.83. The molecule has 2 atom stereocenters. The highest BCUT2D eigenvalue weighted by atomic mass is 32.2. The smallest absolute Gasteiger partial charge is 0.314 e. The zero-order valence-corrected chi connectivity index (χ0v) is 18.8. The van der Waals surface area contributed by atoms with Crippen molar-refractivity contribution < 1.29 is 23.1 Å². The van der Waals surface area contributed by atoms with Gasteiger partial charge in [-0.1, -0.05) is 60.7 Å². The van der Waals surface area contributed by atoms with Gasteiger partial charge in [0.1, 0.15) is 5.25 Å². The van der Waals surface area contributed by atoms with Gasteiger partial charge < -0.3 is 9.84 Å². The number of rotatable bonds is 6. The maximum Gasteiger partial charge on any atom is 0.314 e. The molecule has 2 aromatic rings. The fourth-order valence-corrected chi connectivity index (χ4v) is 7.03. The number of carboxylic acid groups (broad SMARTS) is 1. The van der Waals surface area contributed by atoms with Gasteiger partial charge in [-0.25, -0.2) is 8.42 Å². The molecule has 2 aliphatic heterocycles. The van der Waals surface area contributed by atoms with Crippen LogP contribution >= 0.6 is 0 Å². The summed E-state index contributed by atoms with van der Waals surface area (Å²) < 4.78 is 34.0. The van der Waals surface area contributed by atoms with Crippen LogP contribution < -0.4 is 0 Å². The molecular formula is C25H29NO5S. The molecule has 7 heteroatoms. The van der Waals surface area contributed by atoms with E-state index in [1.807, 2.05) is 54.6 Å². The van der Waals surface area contributed by atoms with E-state index >= 15 is 0 Å². The molecule has 0 bridgehead atoms. The molecule has 0 amide bonds. The predicted octanol–water partition coefficient (Wildman–Crippen LogP) is 4.04. The van der Waals surface area contributed by atoms with Crippen LogP contribution in [-0.4, -0.2) is 43.1 Å². The molecule has 0 saturated carbocycles. The largest absolute Gasteiger partial charge is 0.481 e. The van der Waals surface area contributed by atoms with Gasteiger partial charge in [0.25, 0.3) is 0 Å². The second kappa shape index (κ2) is 9.17. The Morgan fingerprint density at radius 3 is 2.34 bits per heavy atom. The zero-order valence-electron chi connectivity index (χ0n) is 18.0. The lowest BCUT2D eigenvalue weighted by atomic mass is 9.74. The summed E-state index contributed by atoms with van der Waals surface area (Å²) >= 11 is 0. The van der Waals surface area contributed by atoms with Gasteiger partial charge in [0, 0.05) is 25.8 Å². The van der Waals surface area contributed by atoms with Crippen molar-refractivity contribution in [2.24, 2.45) is 0 Å². The summed E-state index contributed by atoms with van der Waals surface area (Å²) in [7, 11) is -3.58. The first-order chi connectivity index (χ1) is 15.4. The molecule has 170 valence electrons. The van der Waals surface area contributed by atoms with Crippen LogP contribution in [0.5, 0.6) is 0 Å². The van der Waals surface area contributed by atoms with Crippen LogP contribution in [0.25, 0.3) is 0 Å². The number of carbonyl (C=O) groups is 1. The van der Waals surface area contributed by atoms with Gasteiger partial charge in [-0.2, -0.15) is 4.31 Å². The number of ether oxygens (including phenoxy) is 1. The number of hydrogen-bond donors (Lipinski definition) is 1. The van der Waals surface area contributed by atoms with Crippen LogP contribution in [-0.2, 0) is 31.5 Å². The van der Waals surface area contributed by atoms with Gasteiger partial charge in [-0.3, -0.25) is 4.79 Å². The van der Waals surface area contributed by atoms with Crippen LogP contribution in [0, 0.1) is 0 Å². The first-order valence-corrected chi connectivity index (χ1v) is 12.5. The lowest BCUT2D eigenvalue weighted by molar-refractivity contribution is -0.147. The molecule has 2 fully saturated rings. The van der Waals surface area contributed by atoms with Crippen LogP contribution in [0.4, 0.5) is 0 Å². The SMILES string of the molecule is C=C[C@H]1CC[C@H](c2ccccc2)S(=O)(=O)N1Cc1ccc(C2(C(=O)O)CCOCC2)cc1. The summed E-state index contributed by atoms with van der Waals surface area (Å²) in [6.07, 6.45) is 3.83. The van der Waals surface area contributed by atoms with Gasteiger partial charge in [-0.05, 0) is 42.4 Å². The molecule has 2 heterocycles. The van der Waals surface area contributed by atoms with Crippen LogP contribution in [0.3, 0.4) is 0 Å². The minimum atomic E-state index is -3.58. The quantitative estimate of drug-likeness (QED) is 0.665. The number of nitrogens with zero attached hydrogens (tertiary/aromatic N) is 1. The monoisotopic (exact) mass is 455 g/mol. The fourth-order valence-electron chi connectivity index (χ4n) is 4.87. The minimum absolute atomic E-state index is 0.228. The topological polar surface area (TPSA) is 83.9 Å². The second-order valence-corrected chi connectivity index (χ2v) is 10.6. The maximum atomic E-state index is 13.5. The van der Waals surface area contributed by atoms with Crippen molar-refractivity contribution in [2.75, 3.05) is 13.2 Å². The highest BCUT2D eigenvalue weighted by Gasteiger charge is 2.43. The molecule has 2 aromatic carbocycles. The Balaban J connectivity index is 1.60. The molecule has 0 spiro atoms. The van der Waals surface area contributed by atoms with E-state index < -0.39 is 26.7 Å². The normalized spacial score (nSPS) is 25.1. The molecule has 6 nitrogen and oxygen atoms in total. The van der Waals surface area contributed by atoms with Gasteiger partial charge in [-0.15, -0.1) is 6.58 Å². The summed E-state index contributed by atoms with van der Waals surface area (Å²) in [6.45, 7) is 4.93. The number of sulfonamides is 1. The Morgan fingerprint density at radius 2 is 1.75 bits per heavy atom. The average molecular weight is 456 g/mol. The van der Waals surface area contributed by atoms with E-state index in [2.05, 4.69) is 6.58 Å². The van der Waals surface area contributed by atoms with Crippen molar-refractivity contribution in [2.45, 2.75) is 48.9 Å². The predicted molar refractivity (Wildman–Crippen MR) is 123 cm³/mol. The second-order valence-electron chi connectivity index (χ2n) is 8.57. The van der Waals surface area contributed by atoms with Crippen molar-refractivity contribution in [3.63, 3.8) is 0 Å². The molecule has 0 unspecified atom stereocenters.